The van der Waals surface area contributed by atoms with Crippen molar-refractivity contribution in [2.75, 3.05) is 7.11 Å². The zero-order chi connectivity index (χ0) is 9.84. The second kappa shape index (κ2) is 4.05. The van der Waals surface area contributed by atoms with Gasteiger partial charge in [0, 0.05) is 7.11 Å². The van der Waals surface area contributed by atoms with Gasteiger partial charge in [-0.25, -0.2) is 0 Å². The first-order valence-electron chi connectivity index (χ1n) is 3.97. The molecule has 1 N–H and O–H groups in total. The van der Waals surface area contributed by atoms with Crippen LogP contribution in [0.15, 0.2) is 24.3 Å². The summed E-state index contributed by atoms with van der Waals surface area (Å²) in [5.74, 6) is 0.0638. The van der Waals surface area contributed by atoms with Crippen LogP contribution in [0.25, 0.3) is 0 Å². The molecule has 0 aliphatic heterocycles. The van der Waals surface area contributed by atoms with Gasteiger partial charge in [0.2, 0.25) is 0 Å². The Kier molecular flexibility index (Phi) is 3.03. The van der Waals surface area contributed by atoms with Crippen molar-refractivity contribution >= 4 is 5.78 Å². The molecule has 0 saturated heterocycles. The van der Waals surface area contributed by atoms with Gasteiger partial charge in [-0.2, -0.15) is 0 Å². The SMILES string of the molecule is COC(C(C)=O)c1cccc(O)c1. The summed E-state index contributed by atoms with van der Waals surface area (Å²) in [6.07, 6.45) is -0.577. The number of methoxy groups -OCH3 is 1. The Morgan fingerprint density at radius 3 is 2.69 bits per heavy atom. The summed E-state index contributed by atoms with van der Waals surface area (Å²) < 4.78 is 4.99. The zero-order valence-corrected chi connectivity index (χ0v) is 7.65. The van der Waals surface area contributed by atoms with Gasteiger partial charge in [-0.3, -0.25) is 4.79 Å². The van der Waals surface area contributed by atoms with Crippen molar-refractivity contribution in [3.05, 3.63) is 29.8 Å². The molecule has 1 aromatic carbocycles. The highest BCUT2D eigenvalue weighted by Gasteiger charge is 2.15. The lowest BCUT2D eigenvalue weighted by molar-refractivity contribution is -0.126. The number of ether oxygens (including phenoxy) is 1. The summed E-state index contributed by atoms with van der Waals surface area (Å²) >= 11 is 0. The smallest absolute Gasteiger partial charge is 0.163 e. The average Bonchev–Trinajstić information content (AvgIpc) is 2.04. The predicted molar refractivity (Wildman–Crippen MR) is 48.5 cm³/mol. The van der Waals surface area contributed by atoms with Gasteiger partial charge >= 0.3 is 0 Å². The van der Waals surface area contributed by atoms with Gasteiger partial charge in [-0.15, -0.1) is 0 Å². The van der Waals surface area contributed by atoms with Crippen LogP contribution in [0.1, 0.15) is 18.6 Å². The van der Waals surface area contributed by atoms with E-state index >= 15 is 0 Å². The summed E-state index contributed by atoms with van der Waals surface area (Å²) in [5.41, 5.74) is 0.676. The Bertz CT molecular complexity index is 307. The molecule has 0 heterocycles. The summed E-state index contributed by atoms with van der Waals surface area (Å²) in [4.78, 5) is 11.1. The maximum Gasteiger partial charge on any atom is 0.163 e. The Hall–Kier alpha value is -1.35. The molecule has 1 atom stereocenters. The van der Waals surface area contributed by atoms with Crippen LogP contribution in [-0.4, -0.2) is 18.0 Å². The number of rotatable bonds is 3. The van der Waals surface area contributed by atoms with Gasteiger partial charge in [-0.05, 0) is 24.6 Å². The van der Waals surface area contributed by atoms with Gasteiger partial charge in [0.25, 0.3) is 0 Å². The quantitative estimate of drug-likeness (QED) is 0.769. The number of benzene rings is 1. The molecule has 0 aliphatic rings. The van der Waals surface area contributed by atoms with E-state index in [1.54, 1.807) is 18.2 Å². The highest BCUT2D eigenvalue weighted by atomic mass is 16.5. The van der Waals surface area contributed by atoms with E-state index in [2.05, 4.69) is 0 Å². The number of phenols is 1. The van der Waals surface area contributed by atoms with Crippen molar-refractivity contribution < 1.29 is 14.6 Å². The molecule has 0 amide bonds. The Balaban J connectivity index is 2.98. The fraction of sp³-hybridized carbons (Fsp3) is 0.300. The average molecular weight is 180 g/mol. The summed E-state index contributed by atoms with van der Waals surface area (Å²) in [6.45, 7) is 1.46. The van der Waals surface area contributed by atoms with Gasteiger partial charge in [0.05, 0.1) is 0 Å². The van der Waals surface area contributed by atoms with Crippen LogP contribution in [0.5, 0.6) is 5.75 Å². The summed E-state index contributed by atoms with van der Waals surface area (Å²) in [5, 5.41) is 9.17. The predicted octanol–water partition coefficient (Wildman–Crippen LogP) is 1.67. The van der Waals surface area contributed by atoms with Crippen molar-refractivity contribution in [2.45, 2.75) is 13.0 Å². The summed E-state index contributed by atoms with van der Waals surface area (Å²) in [7, 11) is 1.47. The third kappa shape index (κ3) is 2.29. The first-order valence-corrected chi connectivity index (χ1v) is 3.97. The molecule has 0 spiro atoms. The number of hydrogen-bond acceptors (Lipinski definition) is 3. The molecule has 3 nitrogen and oxygen atoms in total. The summed E-state index contributed by atoms with van der Waals surface area (Å²) in [6, 6.07) is 6.50. The molecule has 0 fully saturated rings. The topological polar surface area (TPSA) is 46.5 Å². The molecule has 0 aliphatic carbocycles. The highest BCUT2D eigenvalue weighted by molar-refractivity contribution is 5.82. The van der Waals surface area contributed by atoms with E-state index in [1.165, 1.54) is 20.1 Å². The Labute approximate surface area is 77.0 Å². The molecule has 3 heteroatoms. The zero-order valence-electron chi connectivity index (χ0n) is 7.65. The third-order valence-corrected chi connectivity index (χ3v) is 1.78. The number of carbonyl (C=O) groups excluding carboxylic acids is 1. The number of aromatic hydroxyl groups is 1. The third-order valence-electron chi connectivity index (χ3n) is 1.78. The van der Waals surface area contributed by atoms with Crippen LogP contribution in [-0.2, 0) is 9.53 Å². The first-order chi connectivity index (χ1) is 6.15. The van der Waals surface area contributed by atoms with E-state index in [-0.39, 0.29) is 11.5 Å². The first kappa shape index (κ1) is 9.74. The van der Waals surface area contributed by atoms with Gasteiger partial charge in [0.1, 0.15) is 11.9 Å². The Morgan fingerprint density at radius 2 is 2.23 bits per heavy atom. The molecule has 1 rings (SSSR count). The largest absolute Gasteiger partial charge is 0.508 e. The van der Waals surface area contributed by atoms with Crippen LogP contribution in [0, 0.1) is 0 Å². The minimum absolute atomic E-state index is 0.0758. The fourth-order valence-corrected chi connectivity index (χ4v) is 1.22. The molecule has 1 unspecified atom stereocenters. The molecule has 0 saturated carbocycles. The van der Waals surface area contributed by atoms with E-state index in [0.29, 0.717) is 5.56 Å². The van der Waals surface area contributed by atoms with Crippen molar-refractivity contribution in [3.8, 4) is 5.75 Å². The van der Waals surface area contributed by atoms with Crippen molar-refractivity contribution in [1.82, 2.24) is 0 Å². The molecule has 0 aromatic heterocycles. The monoisotopic (exact) mass is 180 g/mol. The number of hydrogen-bond donors (Lipinski definition) is 1. The van der Waals surface area contributed by atoms with E-state index < -0.39 is 6.10 Å². The number of ketones is 1. The number of Topliss-reactive ketones (excluding diaryl/α,β-unsaturated/α-hetero) is 1. The van der Waals surface area contributed by atoms with Crippen LogP contribution < -0.4 is 0 Å². The number of phenolic OH excluding ortho intramolecular Hbond substituents is 1. The lowest BCUT2D eigenvalue weighted by atomic mass is 10.1. The maximum absolute atomic E-state index is 11.1. The molecule has 1 aromatic rings. The fourth-order valence-electron chi connectivity index (χ4n) is 1.22. The minimum Gasteiger partial charge on any atom is -0.508 e. The van der Waals surface area contributed by atoms with Crippen molar-refractivity contribution in [1.29, 1.82) is 0 Å². The molecular formula is C10H12O3. The van der Waals surface area contributed by atoms with Gasteiger partial charge in [0.15, 0.2) is 5.78 Å². The molecule has 70 valence electrons. The minimum atomic E-state index is -0.577. The second-order valence-corrected chi connectivity index (χ2v) is 2.82. The van der Waals surface area contributed by atoms with E-state index in [0.717, 1.165) is 0 Å². The lowest BCUT2D eigenvalue weighted by Crippen LogP contribution is -2.10. The van der Waals surface area contributed by atoms with Gasteiger partial charge < -0.3 is 9.84 Å². The van der Waals surface area contributed by atoms with E-state index in [9.17, 15) is 9.90 Å². The van der Waals surface area contributed by atoms with E-state index in [4.69, 9.17) is 4.74 Å². The molecule has 0 bridgehead atoms. The van der Waals surface area contributed by atoms with Crippen LogP contribution in [0.4, 0.5) is 0 Å². The Morgan fingerprint density at radius 1 is 1.54 bits per heavy atom. The number of carbonyl (C=O) groups is 1. The maximum atomic E-state index is 11.1. The normalized spacial score (nSPS) is 12.5. The highest BCUT2D eigenvalue weighted by Crippen LogP contribution is 2.21. The van der Waals surface area contributed by atoms with Crippen LogP contribution >= 0.6 is 0 Å². The van der Waals surface area contributed by atoms with Crippen molar-refractivity contribution in [2.24, 2.45) is 0 Å². The molecular weight excluding hydrogens is 168 g/mol. The van der Waals surface area contributed by atoms with Crippen molar-refractivity contribution in [3.63, 3.8) is 0 Å². The molecule has 0 radical (unpaired) electrons. The molecule has 13 heavy (non-hydrogen) atoms. The second-order valence-electron chi connectivity index (χ2n) is 2.82. The standard InChI is InChI=1S/C10H12O3/c1-7(11)10(13-2)8-4-3-5-9(12)6-8/h3-6,10,12H,1-2H3. The van der Waals surface area contributed by atoms with Crippen LogP contribution in [0.2, 0.25) is 0 Å². The lowest BCUT2D eigenvalue weighted by Gasteiger charge is -2.11. The van der Waals surface area contributed by atoms with E-state index in [1.807, 2.05) is 0 Å². The van der Waals surface area contributed by atoms with Gasteiger partial charge in [-0.1, -0.05) is 12.1 Å². The van der Waals surface area contributed by atoms with Crippen LogP contribution in [0.3, 0.4) is 0 Å².